The molecule has 0 saturated heterocycles. The number of amidine groups is 3. The van der Waals surface area contributed by atoms with E-state index in [9.17, 15) is 4.79 Å². The van der Waals surface area contributed by atoms with Crippen molar-refractivity contribution in [3.63, 3.8) is 0 Å². The molecule has 31 heavy (non-hydrogen) atoms. The van der Waals surface area contributed by atoms with E-state index in [0.717, 1.165) is 29.0 Å². The van der Waals surface area contributed by atoms with E-state index >= 15 is 0 Å². The third kappa shape index (κ3) is 5.00. The van der Waals surface area contributed by atoms with Gasteiger partial charge in [0.1, 0.15) is 30.5 Å². The Kier molecular flexibility index (Phi) is 6.73. The fourth-order valence-corrected chi connectivity index (χ4v) is 4.46. The molecule has 0 unspecified atom stereocenters. The first-order valence-electron chi connectivity index (χ1n) is 9.68. The van der Waals surface area contributed by atoms with Gasteiger partial charge in [0.25, 0.3) is 5.91 Å². The van der Waals surface area contributed by atoms with Crippen molar-refractivity contribution in [3.8, 4) is 11.5 Å². The molecule has 1 N–H and O–H groups in total. The van der Waals surface area contributed by atoms with Gasteiger partial charge in [0.2, 0.25) is 5.17 Å². The van der Waals surface area contributed by atoms with Gasteiger partial charge in [-0.25, -0.2) is 4.90 Å². The lowest BCUT2D eigenvalue weighted by atomic mass is 10.1. The van der Waals surface area contributed by atoms with Crippen LogP contribution in [0.1, 0.15) is 12.5 Å². The molecule has 0 spiro atoms. The van der Waals surface area contributed by atoms with Crippen LogP contribution in [-0.2, 0) is 4.79 Å². The zero-order valence-corrected chi connectivity index (χ0v) is 18.4. The molecule has 9 heteroatoms. The average molecular weight is 453 g/mol. The van der Waals surface area contributed by atoms with Crippen LogP contribution in [0, 0.1) is 5.41 Å². The Balaban J connectivity index is 1.38. The minimum Gasteiger partial charge on any atom is -0.490 e. The molecule has 0 aromatic heterocycles. The summed E-state index contributed by atoms with van der Waals surface area (Å²) in [5, 5.41) is 9.61. The highest BCUT2D eigenvalue weighted by molar-refractivity contribution is 8.19. The minimum absolute atomic E-state index is 0.0955. The van der Waals surface area contributed by atoms with E-state index in [2.05, 4.69) is 9.39 Å². The Morgan fingerprint density at radius 2 is 1.74 bits per heavy atom. The number of carbonyl (C=O) groups excluding carboxylic acids is 1. The number of nitrogens with zero attached hydrogens (tertiary/aromatic N) is 3. The van der Waals surface area contributed by atoms with E-state index in [1.807, 2.05) is 61.5 Å². The standard InChI is InChI=1S/C22H20N4O3S2/c1-2-30-22-25-31-21-24-20(27)18(19(23)26(21)22)14-15-8-10-17(11-9-15)29-13-12-28-16-6-4-3-5-7-16/h3-11,14,23H,2,12-13H2,1H3/b18-14-,23-19?. The van der Waals surface area contributed by atoms with Gasteiger partial charge in [0, 0.05) is 0 Å². The Labute approximate surface area is 188 Å². The van der Waals surface area contributed by atoms with Crippen LogP contribution < -0.4 is 9.47 Å². The summed E-state index contributed by atoms with van der Waals surface area (Å²) in [4.78, 5) is 18.2. The van der Waals surface area contributed by atoms with Crippen LogP contribution in [0.3, 0.4) is 0 Å². The number of ether oxygens (including phenoxy) is 2. The van der Waals surface area contributed by atoms with Gasteiger partial charge < -0.3 is 9.47 Å². The molecule has 0 fully saturated rings. The molecular formula is C22H20N4O3S2. The maximum absolute atomic E-state index is 12.4. The molecule has 4 rings (SSSR count). The molecule has 1 amide bonds. The fourth-order valence-electron chi connectivity index (χ4n) is 2.89. The fraction of sp³-hybridized carbons (Fsp3) is 0.182. The zero-order valence-electron chi connectivity index (χ0n) is 16.8. The molecule has 0 atom stereocenters. The normalized spacial score (nSPS) is 16.8. The van der Waals surface area contributed by atoms with Gasteiger partial charge in [-0.1, -0.05) is 49.0 Å². The molecule has 158 valence electrons. The second-order valence-corrected chi connectivity index (χ2v) is 8.38. The third-order valence-corrected chi connectivity index (χ3v) is 5.96. The number of aliphatic imine (C=N–C) groups is 1. The summed E-state index contributed by atoms with van der Waals surface area (Å²) in [5.41, 5.74) is 1.02. The smallest absolute Gasteiger partial charge is 0.283 e. The van der Waals surface area contributed by atoms with Crippen LogP contribution >= 0.6 is 23.7 Å². The molecule has 0 aliphatic carbocycles. The molecule has 2 aromatic rings. The molecule has 0 saturated carbocycles. The van der Waals surface area contributed by atoms with Crippen LogP contribution in [-0.4, -0.2) is 45.9 Å². The van der Waals surface area contributed by atoms with Crippen LogP contribution in [0.2, 0.25) is 0 Å². The first-order valence-corrected chi connectivity index (χ1v) is 11.4. The van der Waals surface area contributed by atoms with E-state index in [1.54, 1.807) is 11.0 Å². The van der Waals surface area contributed by atoms with Gasteiger partial charge in [-0.05, 0) is 41.7 Å². The van der Waals surface area contributed by atoms with E-state index < -0.39 is 5.91 Å². The summed E-state index contributed by atoms with van der Waals surface area (Å²) in [7, 11) is 0. The first-order chi connectivity index (χ1) is 15.2. The Morgan fingerprint density at radius 1 is 1.06 bits per heavy atom. The Hall–Kier alpha value is -3.04. The van der Waals surface area contributed by atoms with Gasteiger partial charge in [-0.15, -0.1) is 0 Å². The largest absolute Gasteiger partial charge is 0.490 e. The summed E-state index contributed by atoms with van der Waals surface area (Å²) in [6, 6.07) is 16.9. The zero-order chi connectivity index (χ0) is 21.6. The van der Waals surface area contributed by atoms with Crippen molar-refractivity contribution in [2.24, 2.45) is 9.39 Å². The highest BCUT2D eigenvalue weighted by Crippen LogP contribution is 2.31. The number of hydrogen-bond acceptors (Lipinski definition) is 7. The maximum atomic E-state index is 12.4. The maximum Gasteiger partial charge on any atom is 0.283 e. The van der Waals surface area contributed by atoms with Crippen LogP contribution in [0.5, 0.6) is 11.5 Å². The Morgan fingerprint density at radius 3 is 2.42 bits per heavy atom. The predicted molar refractivity (Wildman–Crippen MR) is 127 cm³/mol. The quantitative estimate of drug-likeness (QED) is 0.379. The van der Waals surface area contributed by atoms with Crippen LogP contribution in [0.15, 0.2) is 69.6 Å². The first kappa shape index (κ1) is 21.2. The summed E-state index contributed by atoms with van der Waals surface area (Å²) < 4.78 is 15.6. The molecule has 2 aromatic carbocycles. The van der Waals surface area contributed by atoms with Gasteiger partial charge in [0.05, 0.1) is 17.5 Å². The lowest BCUT2D eigenvalue weighted by molar-refractivity contribution is -0.114. The van der Waals surface area contributed by atoms with Gasteiger partial charge >= 0.3 is 0 Å². The van der Waals surface area contributed by atoms with Gasteiger partial charge in [0.15, 0.2) is 5.17 Å². The van der Waals surface area contributed by atoms with Gasteiger partial charge in [-0.3, -0.25) is 10.2 Å². The van der Waals surface area contributed by atoms with Crippen LogP contribution in [0.25, 0.3) is 6.08 Å². The summed E-state index contributed by atoms with van der Waals surface area (Å²) in [6.45, 7) is 2.87. The number of para-hydroxylation sites is 1. The Bertz CT molecular complexity index is 1070. The molecule has 2 aliphatic heterocycles. The molecular weight excluding hydrogens is 432 g/mol. The van der Waals surface area contributed by atoms with Crippen molar-refractivity contribution in [1.29, 1.82) is 5.41 Å². The molecule has 0 radical (unpaired) electrons. The third-order valence-electron chi connectivity index (χ3n) is 4.32. The number of hydrogen-bond donors (Lipinski definition) is 1. The second kappa shape index (κ2) is 9.84. The molecule has 0 bridgehead atoms. The lowest BCUT2D eigenvalue weighted by Gasteiger charge is -2.24. The highest BCUT2D eigenvalue weighted by atomic mass is 32.2. The number of fused-ring (bicyclic) bond motifs is 1. The predicted octanol–water partition coefficient (Wildman–Crippen LogP) is 4.47. The van der Waals surface area contributed by atoms with E-state index in [0.29, 0.717) is 29.3 Å². The van der Waals surface area contributed by atoms with Gasteiger partial charge in [-0.2, -0.15) is 9.39 Å². The molecule has 7 nitrogen and oxygen atoms in total. The number of carbonyl (C=O) groups is 1. The topological polar surface area (TPSA) is 87.3 Å². The number of thioether (sulfide) groups is 1. The monoisotopic (exact) mass is 452 g/mol. The van der Waals surface area contributed by atoms with Crippen molar-refractivity contribution < 1.29 is 14.3 Å². The van der Waals surface area contributed by atoms with Crippen molar-refractivity contribution in [3.05, 3.63) is 65.7 Å². The number of amides is 1. The second-order valence-electron chi connectivity index (χ2n) is 6.42. The summed E-state index contributed by atoms with van der Waals surface area (Å²) >= 11 is 2.64. The number of nitrogens with one attached hydrogen (secondary N) is 1. The SMILES string of the molecule is CCSC1=NSC2=NC(=O)/C(=C\c3ccc(OCCOc4ccccc4)cc3)C(=N)N12. The summed E-state index contributed by atoms with van der Waals surface area (Å²) in [5.74, 6) is 1.99. The van der Waals surface area contributed by atoms with E-state index in [1.165, 1.54) is 11.8 Å². The number of rotatable bonds is 7. The average Bonchev–Trinajstić information content (AvgIpc) is 3.18. The van der Waals surface area contributed by atoms with Crippen LogP contribution in [0.4, 0.5) is 0 Å². The van der Waals surface area contributed by atoms with Crippen molar-refractivity contribution in [2.75, 3.05) is 19.0 Å². The minimum atomic E-state index is -0.430. The highest BCUT2D eigenvalue weighted by Gasteiger charge is 2.37. The van der Waals surface area contributed by atoms with Crippen molar-refractivity contribution in [1.82, 2.24) is 4.90 Å². The molecule has 2 aliphatic rings. The van der Waals surface area contributed by atoms with E-state index in [-0.39, 0.29) is 11.4 Å². The van der Waals surface area contributed by atoms with Crippen molar-refractivity contribution in [2.45, 2.75) is 6.92 Å². The van der Waals surface area contributed by atoms with Crippen molar-refractivity contribution >= 4 is 51.9 Å². The van der Waals surface area contributed by atoms with E-state index in [4.69, 9.17) is 14.9 Å². The number of benzene rings is 2. The lowest BCUT2D eigenvalue weighted by Crippen LogP contribution is -2.41. The molecule has 2 heterocycles. The summed E-state index contributed by atoms with van der Waals surface area (Å²) in [6.07, 6.45) is 1.67.